The van der Waals surface area contributed by atoms with Gasteiger partial charge in [-0.25, -0.2) is 0 Å². The van der Waals surface area contributed by atoms with E-state index in [4.69, 9.17) is 4.74 Å². The van der Waals surface area contributed by atoms with Crippen LogP contribution in [-0.4, -0.2) is 16.6 Å². The summed E-state index contributed by atoms with van der Waals surface area (Å²) in [5, 5.41) is 0. The third kappa shape index (κ3) is 10.8. The maximum absolute atomic E-state index is 5.91. The minimum atomic E-state index is 0.800. The molecule has 0 saturated carbocycles. The molecular formula is C28H44N2O. The summed E-state index contributed by atoms with van der Waals surface area (Å²) < 4.78 is 5.91. The Morgan fingerprint density at radius 3 is 2.19 bits per heavy atom. The number of nitrogens with zero attached hydrogens (tertiary/aromatic N) is 2. The van der Waals surface area contributed by atoms with Crippen LogP contribution in [0, 0.1) is 5.92 Å². The number of ether oxygens (including phenoxy) is 1. The van der Waals surface area contributed by atoms with Gasteiger partial charge < -0.3 is 4.74 Å². The molecule has 0 bridgehead atoms. The van der Waals surface area contributed by atoms with Crippen molar-refractivity contribution in [3.05, 3.63) is 42.4 Å². The van der Waals surface area contributed by atoms with Crippen molar-refractivity contribution in [1.82, 2.24) is 9.97 Å². The van der Waals surface area contributed by atoms with Gasteiger partial charge in [0.05, 0.1) is 24.2 Å². The Balaban J connectivity index is 1.65. The minimum absolute atomic E-state index is 0.800. The fraction of sp³-hybridized carbons (Fsp3) is 0.643. The Labute approximate surface area is 191 Å². The van der Waals surface area contributed by atoms with Crippen molar-refractivity contribution in [1.29, 1.82) is 0 Å². The molecule has 0 radical (unpaired) electrons. The van der Waals surface area contributed by atoms with Gasteiger partial charge in [0, 0.05) is 11.8 Å². The van der Waals surface area contributed by atoms with Crippen LogP contribution in [0.25, 0.3) is 11.3 Å². The van der Waals surface area contributed by atoms with Crippen molar-refractivity contribution in [2.45, 2.75) is 104 Å². The van der Waals surface area contributed by atoms with Crippen molar-refractivity contribution in [2.24, 2.45) is 5.92 Å². The zero-order valence-electron chi connectivity index (χ0n) is 20.2. The van der Waals surface area contributed by atoms with Gasteiger partial charge in [-0.05, 0) is 49.4 Å². The monoisotopic (exact) mass is 424 g/mol. The molecule has 0 spiro atoms. The lowest BCUT2D eigenvalue weighted by molar-refractivity contribution is 0.302. The van der Waals surface area contributed by atoms with Crippen molar-refractivity contribution >= 4 is 0 Å². The first-order valence-electron chi connectivity index (χ1n) is 12.8. The number of benzene rings is 1. The Bertz CT molecular complexity index is 681. The molecule has 0 N–H and O–H groups in total. The number of hydrogen-bond acceptors (Lipinski definition) is 3. The highest BCUT2D eigenvalue weighted by molar-refractivity contribution is 5.58. The topological polar surface area (TPSA) is 35.0 Å². The van der Waals surface area contributed by atoms with E-state index >= 15 is 0 Å². The number of hydrogen-bond donors (Lipinski definition) is 0. The highest BCUT2D eigenvalue weighted by atomic mass is 16.5. The summed E-state index contributed by atoms with van der Waals surface area (Å²) in [7, 11) is 0. The van der Waals surface area contributed by atoms with Gasteiger partial charge in [-0.3, -0.25) is 9.97 Å². The molecular weight excluding hydrogens is 380 g/mol. The highest BCUT2D eigenvalue weighted by Gasteiger charge is 2.03. The van der Waals surface area contributed by atoms with Gasteiger partial charge >= 0.3 is 0 Å². The van der Waals surface area contributed by atoms with E-state index in [1.54, 1.807) is 0 Å². The Kier molecular flexibility index (Phi) is 13.0. The van der Waals surface area contributed by atoms with E-state index in [-0.39, 0.29) is 0 Å². The maximum atomic E-state index is 5.91. The summed E-state index contributed by atoms with van der Waals surface area (Å²) >= 11 is 0. The SMILES string of the molecule is CCCCCCCCc1cnc(-c2ccc(OCCCCCC(C)CCC)cc2)cn1. The van der Waals surface area contributed by atoms with Crippen LogP contribution >= 0.6 is 0 Å². The summed E-state index contributed by atoms with van der Waals surface area (Å²) in [4.78, 5) is 9.25. The first-order valence-corrected chi connectivity index (χ1v) is 12.8. The summed E-state index contributed by atoms with van der Waals surface area (Å²) in [6, 6.07) is 8.26. The number of rotatable bonds is 17. The zero-order chi connectivity index (χ0) is 22.2. The van der Waals surface area contributed by atoms with Crippen molar-refractivity contribution < 1.29 is 4.74 Å². The average molecular weight is 425 g/mol. The van der Waals surface area contributed by atoms with Crippen LogP contribution in [-0.2, 0) is 6.42 Å². The summed E-state index contributed by atoms with van der Waals surface area (Å²) in [5.41, 5.74) is 3.12. The van der Waals surface area contributed by atoms with Crippen molar-refractivity contribution in [2.75, 3.05) is 6.61 Å². The molecule has 0 aliphatic carbocycles. The Morgan fingerprint density at radius 2 is 1.48 bits per heavy atom. The van der Waals surface area contributed by atoms with Crippen LogP contribution in [0.4, 0.5) is 0 Å². The molecule has 1 aromatic carbocycles. The van der Waals surface area contributed by atoms with Crippen molar-refractivity contribution in [3.8, 4) is 17.0 Å². The van der Waals surface area contributed by atoms with E-state index in [0.717, 1.165) is 48.1 Å². The molecule has 2 rings (SSSR count). The fourth-order valence-corrected chi connectivity index (χ4v) is 4.04. The molecule has 2 aromatic rings. The van der Waals surface area contributed by atoms with Gasteiger partial charge in [-0.2, -0.15) is 0 Å². The summed E-state index contributed by atoms with van der Waals surface area (Å²) in [5.74, 6) is 1.81. The largest absolute Gasteiger partial charge is 0.494 e. The van der Waals surface area contributed by atoms with E-state index in [0.29, 0.717) is 0 Å². The van der Waals surface area contributed by atoms with Crippen LogP contribution in [0.15, 0.2) is 36.7 Å². The predicted octanol–water partition coefficient (Wildman–Crippen LogP) is 8.42. The van der Waals surface area contributed by atoms with Crippen LogP contribution in [0.1, 0.15) is 104 Å². The van der Waals surface area contributed by atoms with Crippen LogP contribution < -0.4 is 4.74 Å². The van der Waals surface area contributed by atoms with E-state index < -0.39 is 0 Å². The predicted molar refractivity (Wildman–Crippen MR) is 133 cm³/mol. The molecule has 1 unspecified atom stereocenters. The second kappa shape index (κ2) is 15.8. The third-order valence-electron chi connectivity index (χ3n) is 6.03. The molecule has 1 atom stereocenters. The van der Waals surface area contributed by atoms with Crippen LogP contribution in [0.5, 0.6) is 5.75 Å². The van der Waals surface area contributed by atoms with Gasteiger partial charge in [-0.15, -0.1) is 0 Å². The first kappa shape index (κ1) is 25.4. The van der Waals surface area contributed by atoms with E-state index in [9.17, 15) is 0 Å². The summed E-state index contributed by atoms with van der Waals surface area (Å²) in [6.07, 6.45) is 20.4. The molecule has 1 heterocycles. The Hall–Kier alpha value is -1.90. The molecule has 3 heteroatoms. The van der Waals surface area contributed by atoms with Gasteiger partial charge in [0.1, 0.15) is 5.75 Å². The van der Waals surface area contributed by atoms with Gasteiger partial charge in [0.25, 0.3) is 0 Å². The molecule has 0 aliphatic rings. The lowest BCUT2D eigenvalue weighted by Gasteiger charge is -2.10. The average Bonchev–Trinajstić information content (AvgIpc) is 2.79. The maximum Gasteiger partial charge on any atom is 0.119 e. The fourth-order valence-electron chi connectivity index (χ4n) is 4.04. The highest BCUT2D eigenvalue weighted by Crippen LogP contribution is 2.21. The second-order valence-electron chi connectivity index (χ2n) is 9.03. The van der Waals surface area contributed by atoms with Crippen LogP contribution in [0.2, 0.25) is 0 Å². The zero-order valence-corrected chi connectivity index (χ0v) is 20.2. The number of aryl methyl sites for hydroxylation is 1. The lowest BCUT2D eigenvalue weighted by atomic mass is 9.99. The van der Waals surface area contributed by atoms with Crippen molar-refractivity contribution in [3.63, 3.8) is 0 Å². The first-order chi connectivity index (χ1) is 15.2. The van der Waals surface area contributed by atoms with Crippen LogP contribution in [0.3, 0.4) is 0 Å². The third-order valence-corrected chi connectivity index (χ3v) is 6.03. The second-order valence-corrected chi connectivity index (χ2v) is 9.03. The molecule has 0 amide bonds. The minimum Gasteiger partial charge on any atom is -0.494 e. The molecule has 3 nitrogen and oxygen atoms in total. The van der Waals surface area contributed by atoms with E-state index in [2.05, 4.69) is 42.9 Å². The standard InChI is InChI=1S/C28H44N2O/c1-4-6-7-8-9-12-16-26-22-30-28(23-29-26)25-17-19-27(20-18-25)31-21-13-10-11-15-24(3)14-5-2/h17-20,22-24H,4-16,21H2,1-3H3. The Morgan fingerprint density at radius 1 is 0.742 bits per heavy atom. The van der Waals surface area contributed by atoms with E-state index in [1.165, 1.54) is 70.6 Å². The number of aromatic nitrogens is 2. The lowest BCUT2D eigenvalue weighted by Crippen LogP contribution is -1.99. The molecule has 0 fully saturated rings. The normalized spacial score (nSPS) is 12.1. The van der Waals surface area contributed by atoms with E-state index in [1.807, 2.05) is 24.5 Å². The van der Waals surface area contributed by atoms with Gasteiger partial charge in [-0.1, -0.05) is 85.0 Å². The molecule has 172 valence electrons. The quantitative estimate of drug-likeness (QED) is 0.239. The molecule has 31 heavy (non-hydrogen) atoms. The number of unbranched alkanes of at least 4 members (excludes halogenated alkanes) is 7. The molecule has 0 saturated heterocycles. The van der Waals surface area contributed by atoms with Gasteiger partial charge in [0.15, 0.2) is 0 Å². The summed E-state index contributed by atoms with van der Waals surface area (Å²) in [6.45, 7) is 7.70. The molecule has 1 aromatic heterocycles. The molecule has 0 aliphatic heterocycles. The van der Waals surface area contributed by atoms with Gasteiger partial charge in [0.2, 0.25) is 0 Å². The smallest absolute Gasteiger partial charge is 0.119 e.